The Labute approximate surface area is 117 Å². The first-order chi connectivity index (χ1) is 9.54. The van der Waals surface area contributed by atoms with Gasteiger partial charge in [0, 0.05) is 18.6 Å². The molecule has 0 radical (unpaired) electrons. The fraction of sp³-hybridized carbons (Fsp3) is 0.571. The van der Waals surface area contributed by atoms with Gasteiger partial charge in [-0.3, -0.25) is 10.1 Å². The largest absolute Gasteiger partial charge is 0.363 e. The summed E-state index contributed by atoms with van der Waals surface area (Å²) in [6, 6.07) is 4.69. The molecule has 1 aliphatic carbocycles. The highest BCUT2D eigenvalue weighted by Gasteiger charge is 2.29. The Morgan fingerprint density at radius 3 is 2.60 bits per heavy atom. The molecule has 20 heavy (non-hydrogen) atoms. The standard InChI is InChI=1S/C14H20FN3O2/c1-2-17(11-8-6-10(16)7-9-11)13-5-3-4-12(15)14(13)18(19)20/h3-5,10-11H,2,6-9,16H2,1H3. The van der Waals surface area contributed by atoms with Crippen LogP contribution >= 0.6 is 0 Å². The maximum atomic E-state index is 13.7. The first-order valence-electron chi connectivity index (χ1n) is 6.99. The van der Waals surface area contributed by atoms with Crippen molar-refractivity contribution in [3.05, 3.63) is 34.1 Å². The van der Waals surface area contributed by atoms with Crippen LogP contribution < -0.4 is 10.6 Å². The van der Waals surface area contributed by atoms with Crippen molar-refractivity contribution in [3.63, 3.8) is 0 Å². The fourth-order valence-corrected chi connectivity index (χ4v) is 2.95. The summed E-state index contributed by atoms with van der Waals surface area (Å²) in [5, 5.41) is 11.1. The number of nitrogens with two attached hydrogens (primary N) is 1. The smallest absolute Gasteiger partial charge is 0.327 e. The molecule has 1 aromatic carbocycles. The zero-order valence-electron chi connectivity index (χ0n) is 11.6. The number of rotatable bonds is 4. The highest BCUT2D eigenvalue weighted by atomic mass is 19.1. The monoisotopic (exact) mass is 281 g/mol. The average Bonchev–Trinajstić information content (AvgIpc) is 2.41. The number of benzene rings is 1. The lowest BCUT2D eigenvalue weighted by atomic mass is 9.90. The highest BCUT2D eigenvalue weighted by Crippen LogP contribution is 2.34. The molecule has 1 aliphatic rings. The van der Waals surface area contributed by atoms with Gasteiger partial charge in [-0.1, -0.05) is 6.07 Å². The van der Waals surface area contributed by atoms with Crippen LogP contribution in [0.2, 0.25) is 0 Å². The molecule has 0 bridgehead atoms. The first-order valence-corrected chi connectivity index (χ1v) is 6.99. The van der Waals surface area contributed by atoms with Gasteiger partial charge in [0.1, 0.15) is 5.69 Å². The molecule has 0 amide bonds. The number of nitrogens with zero attached hydrogens (tertiary/aromatic N) is 2. The Morgan fingerprint density at radius 1 is 1.40 bits per heavy atom. The molecule has 2 rings (SSSR count). The maximum Gasteiger partial charge on any atom is 0.327 e. The van der Waals surface area contributed by atoms with E-state index in [9.17, 15) is 14.5 Å². The third-order valence-corrected chi connectivity index (χ3v) is 3.98. The second kappa shape index (κ2) is 6.17. The van der Waals surface area contributed by atoms with E-state index in [0.29, 0.717) is 12.2 Å². The van der Waals surface area contributed by atoms with Gasteiger partial charge < -0.3 is 10.6 Å². The summed E-state index contributed by atoms with van der Waals surface area (Å²) in [6.07, 6.45) is 3.60. The molecule has 5 nitrogen and oxygen atoms in total. The normalized spacial score (nSPS) is 22.6. The molecule has 0 spiro atoms. The number of para-hydroxylation sites is 1. The summed E-state index contributed by atoms with van der Waals surface area (Å²) in [7, 11) is 0. The van der Waals surface area contributed by atoms with Gasteiger partial charge in [0.05, 0.1) is 4.92 Å². The summed E-state index contributed by atoms with van der Waals surface area (Å²) >= 11 is 0. The summed E-state index contributed by atoms with van der Waals surface area (Å²) in [5.41, 5.74) is 5.84. The van der Waals surface area contributed by atoms with Crippen LogP contribution in [0.1, 0.15) is 32.6 Å². The third-order valence-electron chi connectivity index (χ3n) is 3.98. The molecule has 0 aromatic heterocycles. The van der Waals surface area contributed by atoms with Crippen LogP contribution in [-0.4, -0.2) is 23.6 Å². The van der Waals surface area contributed by atoms with Gasteiger partial charge in [-0.15, -0.1) is 0 Å². The van der Waals surface area contributed by atoms with E-state index in [0.717, 1.165) is 31.7 Å². The van der Waals surface area contributed by atoms with Crippen molar-refractivity contribution in [1.82, 2.24) is 0 Å². The molecular formula is C14H20FN3O2. The second-order valence-corrected chi connectivity index (χ2v) is 5.22. The molecule has 6 heteroatoms. The van der Waals surface area contributed by atoms with Gasteiger partial charge in [0.15, 0.2) is 0 Å². The minimum atomic E-state index is -0.779. The highest BCUT2D eigenvalue weighted by molar-refractivity contribution is 5.64. The molecule has 0 saturated heterocycles. The Kier molecular flexibility index (Phi) is 4.54. The van der Waals surface area contributed by atoms with Crippen molar-refractivity contribution in [3.8, 4) is 0 Å². The predicted octanol–water partition coefficient (Wildman–Crippen LogP) is 2.83. The molecule has 1 saturated carbocycles. The number of hydrogen-bond donors (Lipinski definition) is 1. The van der Waals surface area contributed by atoms with Crippen molar-refractivity contribution in [2.45, 2.75) is 44.7 Å². The van der Waals surface area contributed by atoms with Gasteiger partial charge >= 0.3 is 5.69 Å². The van der Waals surface area contributed by atoms with Gasteiger partial charge in [-0.25, -0.2) is 0 Å². The summed E-state index contributed by atoms with van der Waals surface area (Å²) < 4.78 is 13.7. The van der Waals surface area contributed by atoms with Gasteiger partial charge in [0.2, 0.25) is 5.82 Å². The first kappa shape index (κ1) is 14.7. The predicted molar refractivity (Wildman–Crippen MR) is 76.3 cm³/mol. The Hall–Kier alpha value is -1.69. The van der Waals surface area contributed by atoms with Crippen molar-refractivity contribution in [2.24, 2.45) is 5.73 Å². The number of nitro groups is 1. The zero-order chi connectivity index (χ0) is 14.7. The Balaban J connectivity index is 2.32. The molecule has 0 heterocycles. The van der Waals surface area contributed by atoms with E-state index in [1.165, 1.54) is 6.07 Å². The molecule has 110 valence electrons. The SMILES string of the molecule is CCN(c1cccc(F)c1[N+](=O)[O-])C1CCC(N)CC1. The van der Waals surface area contributed by atoms with Crippen molar-refractivity contribution in [2.75, 3.05) is 11.4 Å². The van der Waals surface area contributed by atoms with Crippen molar-refractivity contribution in [1.29, 1.82) is 0 Å². The van der Waals surface area contributed by atoms with E-state index in [2.05, 4.69) is 0 Å². The molecular weight excluding hydrogens is 261 g/mol. The summed E-state index contributed by atoms with van der Waals surface area (Å²) in [4.78, 5) is 12.4. The van der Waals surface area contributed by atoms with Gasteiger partial charge in [0.25, 0.3) is 0 Å². The maximum absolute atomic E-state index is 13.7. The van der Waals surface area contributed by atoms with Crippen LogP contribution in [0.3, 0.4) is 0 Å². The lowest BCUT2D eigenvalue weighted by Gasteiger charge is -2.36. The average molecular weight is 281 g/mol. The lowest BCUT2D eigenvalue weighted by molar-refractivity contribution is -0.386. The lowest BCUT2D eigenvalue weighted by Crippen LogP contribution is -2.41. The van der Waals surface area contributed by atoms with Crippen LogP contribution in [0.5, 0.6) is 0 Å². The van der Waals surface area contributed by atoms with Crippen LogP contribution in [0, 0.1) is 15.9 Å². The summed E-state index contributed by atoms with van der Waals surface area (Å²) in [5.74, 6) is -0.779. The number of hydrogen-bond acceptors (Lipinski definition) is 4. The van der Waals surface area contributed by atoms with Crippen LogP contribution in [-0.2, 0) is 0 Å². The Bertz CT molecular complexity index is 487. The molecule has 1 fully saturated rings. The number of nitro benzene ring substituents is 1. The zero-order valence-corrected chi connectivity index (χ0v) is 11.6. The fourth-order valence-electron chi connectivity index (χ4n) is 2.95. The van der Waals surface area contributed by atoms with Crippen LogP contribution in [0.25, 0.3) is 0 Å². The quantitative estimate of drug-likeness (QED) is 0.680. The van der Waals surface area contributed by atoms with E-state index >= 15 is 0 Å². The third kappa shape index (κ3) is 2.90. The molecule has 1 aromatic rings. The van der Waals surface area contributed by atoms with Crippen LogP contribution in [0.15, 0.2) is 18.2 Å². The molecule has 0 atom stereocenters. The minimum Gasteiger partial charge on any atom is -0.363 e. The van der Waals surface area contributed by atoms with E-state index in [1.807, 2.05) is 11.8 Å². The van der Waals surface area contributed by atoms with E-state index in [4.69, 9.17) is 5.73 Å². The Morgan fingerprint density at radius 2 is 2.05 bits per heavy atom. The number of halogens is 1. The molecule has 0 unspecified atom stereocenters. The van der Waals surface area contributed by atoms with Gasteiger partial charge in [-0.2, -0.15) is 4.39 Å². The van der Waals surface area contributed by atoms with E-state index in [1.54, 1.807) is 6.07 Å². The van der Waals surface area contributed by atoms with Gasteiger partial charge in [-0.05, 0) is 44.7 Å². The van der Waals surface area contributed by atoms with Crippen molar-refractivity contribution >= 4 is 11.4 Å². The van der Waals surface area contributed by atoms with E-state index in [-0.39, 0.29) is 12.1 Å². The number of anilines is 1. The second-order valence-electron chi connectivity index (χ2n) is 5.22. The van der Waals surface area contributed by atoms with E-state index < -0.39 is 16.4 Å². The summed E-state index contributed by atoms with van der Waals surface area (Å²) in [6.45, 7) is 2.55. The van der Waals surface area contributed by atoms with Crippen molar-refractivity contribution < 1.29 is 9.31 Å². The minimum absolute atomic E-state index is 0.195. The van der Waals surface area contributed by atoms with Crippen LogP contribution in [0.4, 0.5) is 15.8 Å². The topological polar surface area (TPSA) is 72.4 Å². The molecule has 0 aliphatic heterocycles. The molecule has 2 N–H and O–H groups in total.